The van der Waals surface area contributed by atoms with Crippen LogP contribution in [0.25, 0.3) is 11.4 Å². The molecular formula is C21H30N4O2. The van der Waals surface area contributed by atoms with Crippen molar-refractivity contribution in [1.29, 1.82) is 0 Å². The van der Waals surface area contributed by atoms with Gasteiger partial charge in [-0.1, -0.05) is 6.92 Å². The highest BCUT2D eigenvalue weighted by molar-refractivity contribution is 5.55. The van der Waals surface area contributed by atoms with Gasteiger partial charge in [0.05, 0.1) is 7.11 Å². The van der Waals surface area contributed by atoms with E-state index in [1.54, 1.807) is 7.11 Å². The molecule has 0 aliphatic carbocycles. The summed E-state index contributed by atoms with van der Waals surface area (Å²) in [5, 5.41) is 9.73. The number of methoxy groups -OCH3 is 1. The van der Waals surface area contributed by atoms with Gasteiger partial charge < -0.3 is 14.7 Å². The maximum Gasteiger partial charge on any atom is 0.159 e. The van der Waals surface area contributed by atoms with Gasteiger partial charge in [0.15, 0.2) is 5.82 Å². The van der Waals surface area contributed by atoms with Gasteiger partial charge in [0.2, 0.25) is 0 Å². The summed E-state index contributed by atoms with van der Waals surface area (Å²) < 4.78 is 5.19. The van der Waals surface area contributed by atoms with Crippen LogP contribution in [0.15, 0.2) is 36.7 Å². The molecule has 1 saturated heterocycles. The first-order chi connectivity index (χ1) is 13.1. The van der Waals surface area contributed by atoms with Crippen molar-refractivity contribution in [3.8, 4) is 17.1 Å². The molecule has 2 heterocycles. The Labute approximate surface area is 161 Å². The molecule has 2 aromatic rings. The van der Waals surface area contributed by atoms with Crippen LogP contribution in [0.5, 0.6) is 5.75 Å². The summed E-state index contributed by atoms with van der Waals surface area (Å²) in [6.45, 7) is 7.26. The molecule has 0 saturated carbocycles. The summed E-state index contributed by atoms with van der Waals surface area (Å²) in [4.78, 5) is 13.8. The molecule has 1 fully saturated rings. The van der Waals surface area contributed by atoms with Gasteiger partial charge in [-0.2, -0.15) is 0 Å². The predicted octanol–water partition coefficient (Wildman–Crippen LogP) is 2.14. The average Bonchev–Trinajstić information content (AvgIpc) is 3.09. The second-order valence-electron chi connectivity index (χ2n) is 7.40. The van der Waals surface area contributed by atoms with Crippen LogP contribution in [-0.2, 0) is 6.54 Å². The maximum atomic E-state index is 9.73. The van der Waals surface area contributed by atoms with Gasteiger partial charge in [-0.05, 0) is 49.7 Å². The molecule has 1 aliphatic rings. The van der Waals surface area contributed by atoms with Crippen molar-refractivity contribution in [3.05, 3.63) is 42.2 Å². The first kappa shape index (κ1) is 19.7. The summed E-state index contributed by atoms with van der Waals surface area (Å²) in [5.74, 6) is 2.41. The molecule has 1 aromatic carbocycles. The van der Waals surface area contributed by atoms with Crippen LogP contribution in [0.2, 0.25) is 0 Å². The zero-order valence-electron chi connectivity index (χ0n) is 16.5. The number of aliphatic hydroxyl groups is 1. The van der Waals surface area contributed by atoms with Crippen LogP contribution in [0.4, 0.5) is 0 Å². The Kier molecular flexibility index (Phi) is 6.77. The fraction of sp³-hybridized carbons (Fsp3) is 0.524. The molecule has 27 heavy (non-hydrogen) atoms. The Morgan fingerprint density at radius 1 is 1.15 bits per heavy atom. The van der Waals surface area contributed by atoms with Crippen molar-refractivity contribution in [1.82, 2.24) is 19.8 Å². The first-order valence-corrected chi connectivity index (χ1v) is 9.60. The minimum atomic E-state index is 0.256. The van der Waals surface area contributed by atoms with Crippen LogP contribution < -0.4 is 4.74 Å². The van der Waals surface area contributed by atoms with Gasteiger partial charge in [0.1, 0.15) is 5.75 Å². The van der Waals surface area contributed by atoms with E-state index in [0.29, 0.717) is 11.8 Å². The number of nitrogens with zero attached hydrogens (tertiary/aromatic N) is 4. The molecule has 0 unspecified atom stereocenters. The fourth-order valence-electron chi connectivity index (χ4n) is 3.69. The van der Waals surface area contributed by atoms with Crippen molar-refractivity contribution >= 4 is 0 Å². The third-order valence-electron chi connectivity index (χ3n) is 5.43. The van der Waals surface area contributed by atoms with Gasteiger partial charge in [-0.15, -0.1) is 0 Å². The largest absolute Gasteiger partial charge is 0.497 e. The van der Waals surface area contributed by atoms with Crippen LogP contribution in [0.1, 0.15) is 12.5 Å². The summed E-state index contributed by atoms with van der Waals surface area (Å²) >= 11 is 0. The highest BCUT2D eigenvalue weighted by Crippen LogP contribution is 2.25. The van der Waals surface area contributed by atoms with Crippen LogP contribution in [-0.4, -0.2) is 71.8 Å². The lowest BCUT2D eigenvalue weighted by Gasteiger charge is -2.22. The molecule has 0 amide bonds. The molecule has 6 nitrogen and oxygen atoms in total. The summed E-state index contributed by atoms with van der Waals surface area (Å²) in [6.07, 6.45) is 3.82. The zero-order valence-corrected chi connectivity index (χ0v) is 16.5. The number of rotatable bonds is 8. The third-order valence-corrected chi connectivity index (χ3v) is 5.43. The lowest BCUT2D eigenvalue weighted by molar-refractivity contribution is 0.177. The Morgan fingerprint density at radius 3 is 2.41 bits per heavy atom. The fourth-order valence-corrected chi connectivity index (χ4v) is 3.69. The zero-order chi connectivity index (χ0) is 19.2. The quantitative estimate of drug-likeness (QED) is 0.768. The van der Waals surface area contributed by atoms with Crippen molar-refractivity contribution in [2.24, 2.45) is 11.8 Å². The van der Waals surface area contributed by atoms with E-state index in [4.69, 9.17) is 4.74 Å². The standard InChI is InChI=1S/C21H30N4O2/c1-4-24(2)12-18-13-25(14-19(18)15-26)11-16-9-22-21(23-10-16)17-5-7-20(27-3)8-6-17/h5-10,18-19,26H,4,11-15H2,1-3H3/t18-,19-/m1/s1. The van der Waals surface area contributed by atoms with Crippen molar-refractivity contribution in [2.75, 3.05) is 46.9 Å². The third kappa shape index (κ3) is 5.03. The number of ether oxygens (including phenoxy) is 1. The Bertz CT molecular complexity index is 705. The normalized spacial score (nSPS) is 20.3. The molecule has 1 N–H and O–H groups in total. The number of hydrogen-bond donors (Lipinski definition) is 1. The lowest BCUT2D eigenvalue weighted by Crippen LogP contribution is -2.31. The SMILES string of the molecule is CCN(C)C[C@@H]1CN(Cc2cnc(-c3ccc(OC)cc3)nc2)C[C@@H]1CO. The number of aliphatic hydroxyl groups excluding tert-OH is 1. The Morgan fingerprint density at radius 2 is 1.81 bits per heavy atom. The first-order valence-electron chi connectivity index (χ1n) is 9.60. The van der Waals surface area contributed by atoms with E-state index in [2.05, 4.69) is 33.7 Å². The maximum absolute atomic E-state index is 9.73. The highest BCUT2D eigenvalue weighted by atomic mass is 16.5. The minimum Gasteiger partial charge on any atom is -0.497 e. The summed E-state index contributed by atoms with van der Waals surface area (Å²) in [5.41, 5.74) is 2.08. The second-order valence-corrected chi connectivity index (χ2v) is 7.40. The predicted molar refractivity (Wildman–Crippen MR) is 107 cm³/mol. The van der Waals surface area contributed by atoms with Crippen LogP contribution in [0, 0.1) is 11.8 Å². The molecule has 1 aliphatic heterocycles. The van der Waals surface area contributed by atoms with E-state index in [1.807, 2.05) is 36.7 Å². The smallest absolute Gasteiger partial charge is 0.159 e. The number of aromatic nitrogens is 2. The molecule has 1 aromatic heterocycles. The van der Waals surface area contributed by atoms with Gasteiger partial charge in [-0.25, -0.2) is 9.97 Å². The van der Waals surface area contributed by atoms with Gasteiger partial charge >= 0.3 is 0 Å². The van der Waals surface area contributed by atoms with E-state index < -0.39 is 0 Å². The number of benzene rings is 1. The van der Waals surface area contributed by atoms with E-state index in [-0.39, 0.29) is 6.61 Å². The van der Waals surface area contributed by atoms with Crippen molar-refractivity contribution in [2.45, 2.75) is 13.5 Å². The van der Waals surface area contributed by atoms with Gasteiger partial charge in [0, 0.05) is 56.3 Å². The average molecular weight is 370 g/mol. The number of hydrogen-bond acceptors (Lipinski definition) is 6. The lowest BCUT2D eigenvalue weighted by atomic mass is 9.96. The Hall–Kier alpha value is -2.02. The summed E-state index contributed by atoms with van der Waals surface area (Å²) in [7, 11) is 3.80. The van der Waals surface area contributed by atoms with E-state index in [1.165, 1.54) is 0 Å². The Balaban J connectivity index is 1.61. The highest BCUT2D eigenvalue weighted by Gasteiger charge is 2.32. The molecule has 0 radical (unpaired) electrons. The van der Waals surface area contributed by atoms with E-state index in [0.717, 1.165) is 55.4 Å². The van der Waals surface area contributed by atoms with Crippen molar-refractivity contribution < 1.29 is 9.84 Å². The topological polar surface area (TPSA) is 61.7 Å². The van der Waals surface area contributed by atoms with E-state index >= 15 is 0 Å². The van der Waals surface area contributed by atoms with Crippen LogP contribution in [0.3, 0.4) is 0 Å². The molecule has 0 bridgehead atoms. The van der Waals surface area contributed by atoms with Gasteiger partial charge in [-0.3, -0.25) is 4.90 Å². The van der Waals surface area contributed by atoms with E-state index in [9.17, 15) is 5.11 Å². The van der Waals surface area contributed by atoms with Crippen molar-refractivity contribution in [3.63, 3.8) is 0 Å². The molecule has 146 valence electrons. The molecule has 3 rings (SSSR count). The summed E-state index contributed by atoms with van der Waals surface area (Å²) in [6, 6.07) is 7.77. The second kappa shape index (κ2) is 9.26. The molecule has 0 spiro atoms. The van der Waals surface area contributed by atoms with Gasteiger partial charge in [0.25, 0.3) is 0 Å². The monoisotopic (exact) mass is 370 g/mol. The number of likely N-dealkylation sites (tertiary alicyclic amines) is 1. The minimum absolute atomic E-state index is 0.256. The molecule has 2 atom stereocenters. The molecule has 6 heteroatoms. The van der Waals surface area contributed by atoms with Crippen LogP contribution >= 0.6 is 0 Å². The molecular weight excluding hydrogens is 340 g/mol.